The van der Waals surface area contributed by atoms with E-state index in [1.165, 1.54) is 13.2 Å². The summed E-state index contributed by atoms with van der Waals surface area (Å²) < 4.78 is 20.3. The van der Waals surface area contributed by atoms with E-state index >= 15 is 4.39 Å². The maximum absolute atomic E-state index is 15.6. The Hall–Kier alpha value is -4.28. The normalized spacial score (nSPS) is 16.1. The molecule has 45 heavy (non-hydrogen) atoms. The van der Waals surface area contributed by atoms with Crippen molar-refractivity contribution in [2.45, 2.75) is 51.2 Å². The van der Waals surface area contributed by atoms with Crippen molar-refractivity contribution in [3.05, 3.63) is 94.8 Å². The van der Waals surface area contributed by atoms with Crippen LogP contribution in [0.4, 0.5) is 9.18 Å². The van der Waals surface area contributed by atoms with Crippen LogP contribution in [0.1, 0.15) is 59.2 Å². The van der Waals surface area contributed by atoms with E-state index < -0.39 is 29.4 Å². The summed E-state index contributed by atoms with van der Waals surface area (Å²) in [4.78, 5) is 37.8. The van der Waals surface area contributed by atoms with Crippen LogP contribution in [0.25, 0.3) is 11.1 Å². The van der Waals surface area contributed by atoms with Crippen molar-refractivity contribution in [2.75, 3.05) is 33.3 Å². The Balaban J connectivity index is 1.59. The van der Waals surface area contributed by atoms with Gasteiger partial charge >= 0.3 is 12.1 Å². The van der Waals surface area contributed by atoms with Crippen molar-refractivity contribution in [2.24, 2.45) is 5.92 Å². The maximum atomic E-state index is 15.6. The van der Waals surface area contributed by atoms with Crippen LogP contribution in [-0.4, -0.2) is 66.4 Å². The summed E-state index contributed by atoms with van der Waals surface area (Å²) in [6, 6.07) is 19.5. The Morgan fingerprint density at radius 1 is 1.07 bits per heavy atom. The number of nitrogens with zero attached hydrogens (tertiary/aromatic N) is 1. The number of benzene rings is 3. The van der Waals surface area contributed by atoms with Gasteiger partial charge in [0.15, 0.2) is 0 Å². The number of ether oxygens (including phenoxy) is 1. The Morgan fingerprint density at radius 3 is 2.53 bits per heavy atom. The first kappa shape index (κ1) is 33.6. The number of piperidine rings is 1. The van der Waals surface area contributed by atoms with Gasteiger partial charge in [-0.1, -0.05) is 54.1 Å². The van der Waals surface area contributed by atoms with E-state index in [1.807, 2.05) is 43.3 Å². The SMILES string of the molecule is COC(=O)NCCC[C@@](O)(c1cccc(F)c1-c1cccc(C)c1)[C@@H]1CCCN(C(=O)c2ccc(CNCCC(=O)O)cc2)C1. The molecule has 1 fully saturated rings. The fourth-order valence-electron chi connectivity index (χ4n) is 6.09. The molecule has 1 aliphatic rings. The van der Waals surface area contributed by atoms with Gasteiger partial charge in [0.25, 0.3) is 5.91 Å². The summed E-state index contributed by atoms with van der Waals surface area (Å²) in [6.45, 7) is 3.84. The van der Waals surface area contributed by atoms with Crippen molar-refractivity contribution in [3.63, 3.8) is 0 Å². The third-order valence-corrected chi connectivity index (χ3v) is 8.41. The van der Waals surface area contributed by atoms with Crippen LogP contribution >= 0.6 is 0 Å². The molecule has 0 saturated carbocycles. The smallest absolute Gasteiger partial charge is 0.406 e. The first-order valence-electron chi connectivity index (χ1n) is 15.3. The number of aryl methyl sites for hydroxylation is 1. The number of nitrogens with one attached hydrogen (secondary N) is 2. The van der Waals surface area contributed by atoms with Gasteiger partial charge in [0.2, 0.25) is 0 Å². The highest BCUT2D eigenvalue weighted by Crippen LogP contribution is 2.44. The van der Waals surface area contributed by atoms with Crippen molar-refractivity contribution in [3.8, 4) is 11.1 Å². The Kier molecular flexibility index (Phi) is 11.7. The molecule has 1 heterocycles. The van der Waals surface area contributed by atoms with Crippen LogP contribution < -0.4 is 10.6 Å². The summed E-state index contributed by atoms with van der Waals surface area (Å²) in [6.07, 6.45) is 1.40. The summed E-state index contributed by atoms with van der Waals surface area (Å²) in [5, 5.41) is 27.2. The van der Waals surface area contributed by atoms with Gasteiger partial charge in [0, 0.05) is 49.8 Å². The van der Waals surface area contributed by atoms with Crippen LogP contribution in [0, 0.1) is 18.7 Å². The molecule has 1 aliphatic heterocycles. The number of carbonyl (C=O) groups excluding carboxylic acids is 2. The number of aliphatic carboxylic acids is 1. The summed E-state index contributed by atoms with van der Waals surface area (Å²) >= 11 is 0. The van der Waals surface area contributed by atoms with Crippen LogP contribution in [0.3, 0.4) is 0 Å². The van der Waals surface area contributed by atoms with Crippen molar-refractivity contribution in [1.82, 2.24) is 15.5 Å². The fourth-order valence-corrected chi connectivity index (χ4v) is 6.09. The van der Waals surface area contributed by atoms with Crippen molar-refractivity contribution < 1.29 is 33.7 Å². The van der Waals surface area contributed by atoms with E-state index in [9.17, 15) is 19.5 Å². The number of methoxy groups -OCH3 is 1. The van der Waals surface area contributed by atoms with E-state index in [0.29, 0.717) is 61.2 Å². The number of likely N-dealkylation sites (tertiary alicyclic amines) is 1. The monoisotopic (exact) mass is 619 g/mol. The maximum Gasteiger partial charge on any atom is 0.406 e. The lowest BCUT2D eigenvalue weighted by molar-refractivity contribution is -0.136. The second-order valence-electron chi connectivity index (χ2n) is 11.6. The molecule has 0 aliphatic carbocycles. The van der Waals surface area contributed by atoms with E-state index in [1.54, 1.807) is 29.2 Å². The number of halogens is 1. The number of carbonyl (C=O) groups is 3. The highest BCUT2D eigenvalue weighted by atomic mass is 19.1. The largest absolute Gasteiger partial charge is 0.481 e. The Bertz CT molecular complexity index is 1480. The lowest BCUT2D eigenvalue weighted by Gasteiger charge is -2.43. The van der Waals surface area contributed by atoms with E-state index in [4.69, 9.17) is 5.11 Å². The van der Waals surface area contributed by atoms with Crippen LogP contribution in [0.15, 0.2) is 66.7 Å². The highest BCUT2D eigenvalue weighted by Gasteiger charge is 2.43. The predicted molar refractivity (Wildman–Crippen MR) is 169 cm³/mol. The standard InChI is InChI=1S/C35H42FN3O6/c1-24-7-3-8-27(21-24)32-29(10-4-11-30(32)36)35(44,17-6-18-38-34(43)45-2)28-9-5-20-39(23-28)33(42)26-14-12-25(13-15-26)22-37-19-16-31(40)41/h3-4,7-8,10-15,21,28,37,44H,5-6,9,16-20,22-23H2,1-2H3,(H,38,43)(H,40,41)/t28-,35+/m1/s1. The molecule has 1 saturated heterocycles. The van der Waals surface area contributed by atoms with E-state index in [0.717, 1.165) is 11.1 Å². The molecule has 3 aromatic carbocycles. The molecule has 0 radical (unpaired) electrons. The van der Waals surface area contributed by atoms with Gasteiger partial charge in [-0.25, -0.2) is 9.18 Å². The summed E-state index contributed by atoms with van der Waals surface area (Å²) in [5.74, 6) is -1.85. The minimum absolute atomic E-state index is 0.0307. The average molecular weight is 620 g/mol. The molecular weight excluding hydrogens is 577 g/mol. The lowest BCUT2D eigenvalue weighted by Crippen LogP contribution is -2.48. The molecule has 0 unspecified atom stereocenters. The lowest BCUT2D eigenvalue weighted by atomic mass is 9.72. The minimum atomic E-state index is -1.50. The molecule has 4 N–H and O–H groups in total. The van der Waals surface area contributed by atoms with Gasteiger partial charge in [-0.2, -0.15) is 0 Å². The molecule has 10 heteroatoms. The molecule has 0 aromatic heterocycles. The quantitative estimate of drug-likeness (QED) is 0.193. The number of hydrogen-bond donors (Lipinski definition) is 4. The number of rotatable bonds is 13. The Labute approximate surface area is 263 Å². The Morgan fingerprint density at radius 2 is 1.82 bits per heavy atom. The molecule has 0 spiro atoms. The zero-order valence-electron chi connectivity index (χ0n) is 25.9. The number of hydrogen-bond acceptors (Lipinski definition) is 6. The number of carboxylic acid groups (broad SMARTS) is 1. The minimum Gasteiger partial charge on any atom is -0.481 e. The van der Waals surface area contributed by atoms with E-state index in [2.05, 4.69) is 15.4 Å². The number of amides is 2. The van der Waals surface area contributed by atoms with Gasteiger partial charge in [-0.3, -0.25) is 9.59 Å². The molecule has 4 rings (SSSR count). The van der Waals surface area contributed by atoms with Crippen molar-refractivity contribution in [1.29, 1.82) is 0 Å². The third-order valence-electron chi connectivity index (χ3n) is 8.41. The second kappa shape index (κ2) is 15.6. The molecule has 3 aromatic rings. The molecule has 2 atom stereocenters. The average Bonchev–Trinajstić information content (AvgIpc) is 3.04. The topological polar surface area (TPSA) is 128 Å². The molecule has 9 nitrogen and oxygen atoms in total. The van der Waals surface area contributed by atoms with Gasteiger partial charge < -0.3 is 30.5 Å². The van der Waals surface area contributed by atoms with Crippen molar-refractivity contribution >= 4 is 18.0 Å². The van der Waals surface area contributed by atoms with E-state index in [-0.39, 0.29) is 31.8 Å². The molecule has 2 amide bonds. The van der Waals surface area contributed by atoms with Gasteiger partial charge in [-0.05, 0) is 67.5 Å². The summed E-state index contributed by atoms with van der Waals surface area (Å²) in [5.41, 5.74) is 2.37. The van der Waals surface area contributed by atoms with Crippen LogP contribution in [0.5, 0.6) is 0 Å². The first-order valence-corrected chi connectivity index (χ1v) is 15.3. The number of aliphatic hydroxyl groups is 1. The highest BCUT2D eigenvalue weighted by molar-refractivity contribution is 5.94. The summed E-state index contributed by atoms with van der Waals surface area (Å²) in [7, 11) is 1.28. The first-order chi connectivity index (χ1) is 21.6. The van der Waals surface area contributed by atoms with Crippen LogP contribution in [0.2, 0.25) is 0 Å². The second-order valence-corrected chi connectivity index (χ2v) is 11.6. The molecule has 240 valence electrons. The van der Waals surface area contributed by atoms with Gasteiger partial charge in [0.1, 0.15) is 5.82 Å². The predicted octanol–water partition coefficient (Wildman–Crippen LogP) is 5.24. The molecule has 0 bridgehead atoms. The number of carboxylic acids is 1. The third kappa shape index (κ3) is 8.67. The van der Waals surface area contributed by atoms with Gasteiger partial charge in [-0.15, -0.1) is 0 Å². The zero-order chi connectivity index (χ0) is 32.4. The molecular formula is C35H42FN3O6. The van der Waals surface area contributed by atoms with Gasteiger partial charge in [0.05, 0.1) is 19.1 Å². The van der Waals surface area contributed by atoms with Crippen LogP contribution in [-0.2, 0) is 21.7 Å². The fraction of sp³-hybridized carbons (Fsp3) is 0.400. The zero-order valence-corrected chi connectivity index (χ0v) is 25.9. The number of alkyl carbamates (subject to hydrolysis) is 1.